The van der Waals surface area contributed by atoms with Gasteiger partial charge in [-0.1, -0.05) is 67.4 Å². The van der Waals surface area contributed by atoms with Crippen LogP contribution in [0.3, 0.4) is 0 Å². The zero-order valence-electron chi connectivity index (χ0n) is 23.6. The lowest BCUT2D eigenvalue weighted by molar-refractivity contribution is -0.895. The van der Waals surface area contributed by atoms with Gasteiger partial charge in [0.15, 0.2) is 0 Å². The molecular weight excluding hydrogens is 716 g/mol. The van der Waals surface area contributed by atoms with E-state index in [2.05, 4.69) is 56.4 Å². The Morgan fingerprint density at radius 2 is 0.810 bits per heavy atom. The Balaban J connectivity index is -0.0000000374. The van der Waals surface area contributed by atoms with Crippen LogP contribution in [0.15, 0.2) is 0 Å². The van der Waals surface area contributed by atoms with Crippen molar-refractivity contribution in [2.75, 3.05) is 78.5 Å². The maximum Gasteiger partial charge on any atom is 0.399 e. The summed E-state index contributed by atoms with van der Waals surface area (Å²) in [6, 6.07) is 0. The second-order valence-corrected chi connectivity index (χ2v) is 11.9. The van der Waals surface area contributed by atoms with Gasteiger partial charge in [-0.3, -0.25) is 4.18 Å². The summed E-state index contributed by atoms with van der Waals surface area (Å²) in [6.45, 7) is 19.6. The molecular formula is C28H76Br2N2O8S2. The minimum atomic E-state index is -4.42. The van der Waals surface area contributed by atoms with Crippen LogP contribution in [0.5, 0.6) is 0 Å². The Kier molecular flexibility index (Phi) is 65.5. The van der Waals surface area contributed by atoms with Gasteiger partial charge < -0.3 is 30.5 Å². The van der Waals surface area contributed by atoms with E-state index in [4.69, 9.17) is 0 Å². The Hall–Kier alpha value is 0.620. The van der Waals surface area contributed by atoms with E-state index in [1.165, 1.54) is 80.8 Å². The lowest BCUT2D eigenvalue weighted by Crippen LogP contribution is -3.00. The molecule has 0 radical (unpaired) electrons. The van der Waals surface area contributed by atoms with E-state index in [0.29, 0.717) is 0 Å². The molecule has 0 spiro atoms. The molecule has 2 aliphatic heterocycles. The molecule has 0 aromatic carbocycles. The fourth-order valence-electron chi connectivity index (χ4n) is 3.30. The zero-order valence-corrected chi connectivity index (χ0v) is 28.4. The van der Waals surface area contributed by atoms with Gasteiger partial charge in [0.05, 0.1) is 73.2 Å². The van der Waals surface area contributed by atoms with Gasteiger partial charge in [-0.15, -0.1) is 0 Å². The van der Waals surface area contributed by atoms with E-state index in [1.54, 1.807) is 13.8 Å². The van der Waals surface area contributed by atoms with E-state index in [-0.39, 0.29) is 81.4 Å². The van der Waals surface area contributed by atoms with Crippen molar-refractivity contribution in [1.82, 2.24) is 0 Å². The van der Waals surface area contributed by atoms with Crippen molar-refractivity contribution in [3.8, 4) is 0 Å². The maximum absolute atomic E-state index is 10.4. The van der Waals surface area contributed by atoms with Crippen LogP contribution >= 0.6 is 15.9 Å². The third-order valence-corrected chi connectivity index (χ3v) is 7.18. The highest BCUT2D eigenvalue weighted by Crippen LogP contribution is 2.15. The van der Waals surface area contributed by atoms with Gasteiger partial charge in [-0.2, -0.15) is 8.42 Å². The molecule has 42 heavy (non-hydrogen) atoms. The highest BCUT2D eigenvalue weighted by Gasteiger charge is 2.24. The molecule has 14 heteroatoms. The SMILES string of the molecule is C.C.C.C.C.C.CCBr.CCOS(=O)(=O)OCC.CCOS(=O)(=O)[O-].CC[N+]1(C)CCCC1.CC[N+]1(C)CCCC1.[Br-]. The molecule has 272 valence electrons. The van der Waals surface area contributed by atoms with Gasteiger partial charge in [0.1, 0.15) is 0 Å². The maximum atomic E-state index is 10.4. The predicted octanol–water partition coefficient (Wildman–Crippen LogP) is 4.50. The van der Waals surface area contributed by atoms with E-state index in [1.807, 2.05) is 6.92 Å². The Morgan fingerprint density at radius 3 is 0.905 bits per heavy atom. The van der Waals surface area contributed by atoms with E-state index < -0.39 is 20.8 Å². The van der Waals surface area contributed by atoms with Gasteiger partial charge >= 0.3 is 10.4 Å². The van der Waals surface area contributed by atoms with Crippen molar-refractivity contribution in [3.63, 3.8) is 0 Å². The minimum Gasteiger partial charge on any atom is -1.00 e. The first kappa shape index (κ1) is 69.4. The first-order valence-electron chi connectivity index (χ1n) is 12.5. The third kappa shape index (κ3) is 47.5. The van der Waals surface area contributed by atoms with Crippen LogP contribution in [0, 0.1) is 0 Å². The Bertz CT molecular complexity index is 654. The van der Waals surface area contributed by atoms with E-state index >= 15 is 0 Å². The number of hydrogen-bond donors (Lipinski definition) is 0. The molecule has 0 aromatic heterocycles. The Morgan fingerprint density at radius 1 is 0.595 bits per heavy atom. The van der Waals surface area contributed by atoms with Crippen LogP contribution in [0.25, 0.3) is 0 Å². The summed E-state index contributed by atoms with van der Waals surface area (Å²) in [4.78, 5) is 0. The van der Waals surface area contributed by atoms with Gasteiger partial charge in [0.25, 0.3) is 0 Å². The summed E-state index contributed by atoms with van der Waals surface area (Å²) in [5, 5.41) is 1.06. The van der Waals surface area contributed by atoms with Crippen LogP contribution < -0.4 is 17.0 Å². The molecule has 0 aliphatic carbocycles. The number of nitrogens with zero attached hydrogens (tertiary/aromatic N) is 2. The molecule has 2 fully saturated rings. The second-order valence-electron chi connectivity index (χ2n) is 8.48. The molecule has 0 saturated carbocycles. The fraction of sp³-hybridized carbons (Fsp3) is 1.00. The predicted molar refractivity (Wildman–Crippen MR) is 185 cm³/mol. The average Bonchev–Trinajstić information content (AvgIpc) is 3.39. The van der Waals surface area contributed by atoms with E-state index in [0.717, 1.165) is 5.33 Å². The van der Waals surface area contributed by atoms with E-state index in [9.17, 15) is 21.4 Å². The second kappa shape index (κ2) is 39.6. The molecule has 0 bridgehead atoms. The van der Waals surface area contributed by atoms with Gasteiger partial charge in [0, 0.05) is 31.0 Å². The van der Waals surface area contributed by atoms with Gasteiger partial charge in [-0.25, -0.2) is 16.8 Å². The first-order chi connectivity index (χ1) is 16.1. The van der Waals surface area contributed by atoms with Gasteiger partial charge in [0.2, 0.25) is 10.4 Å². The van der Waals surface area contributed by atoms with Crippen molar-refractivity contribution >= 4 is 36.7 Å². The number of alkyl halides is 1. The highest BCUT2D eigenvalue weighted by atomic mass is 79.9. The van der Waals surface area contributed by atoms with Crippen LogP contribution in [-0.2, 0) is 33.3 Å². The largest absolute Gasteiger partial charge is 1.00 e. The lowest BCUT2D eigenvalue weighted by atomic mass is 10.4. The summed E-state index contributed by atoms with van der Waals surface area (Å²) in [7, 11) is -3.40. The summed E-state index contributed by atoms with van der Waals surface area (Å²) in [6.07, 6.45) is 5.80. The Labute approximate surface area is 285 Å². The summed E-state index contributed by atoms with van der Waals surface area (Å²) in [5.41, 5.74) is 0. The molecule has 10 nitrogen and oxygen atoms in total. The first-order valence-corrected chi connectivity index (χ1v) is 16.3. The number of quaternary nitrogens is 2. The molecule has 0 atom stereocenters. The van der Waals surface area contributed by atoms with Crippen LogP contribution in [0.2, 0.25) is 0 Å². The summed E-state index contributed by atoms with van der Waals surface area (Å²) >= 11 is 3.15. The monoisotopic (exact) mass is 790 g/mol. The van der Waals surface area contributed by atoms with Crippen molar-refractivity contribution < 1.29 is 59.9 Å². The summed E-state index contributed by atoms with van der Waals surface area (Å²) in [5.74, 6) is 0. The average molecular weight is 793 g/mol. The quantitative estimate of drug-likeness (QED) is 0.153. The third-order valence-electron chi connectivity index (χ3n) is 5.61. The number of rotatable bonds is 8. The number of likely N-dealkylation sites (tertiary alicyclic amines) is 2. The van der Waals surface area contributed by atoms with Crippen molar-refractivity contribution in [2.24, 2.45) is 0 Å². The molecule has 2 heterocycles. The molecule has 0 aromatic rings. The molecule has 0 amide bonds. The smallest absolute Gasteiger partial charge is 0.399 e. The summed E-state index contributed by atoms with van der Waals surface area (Å²) < 4.78 is 63.9. The number of halogens is 2. The lowest BCUT2D eigenvalue weighted by Gasteiger charge is -2.26. The van der Waals surface area contributed by atoms with Crippen molar-refractivity contribution in [3.05, 3.63) is 0 Å². The molecule has 2 aliphatic rings. The standard InChI is InChI=1S/2C7H16N.C4H10O4S.C2H5Br.C2H6O4S.6CH4.BrH/c2*1-3-8(2)6-4-5-7-8;1-3-7-9(5,6)8-4-2;1-2-3;1-2-6-7(3,4)5;;;;;;;/h2*3-7H2,1-2H3;3-4H2,1-2H3;2H2,1H3;2H2,1H3,(H,3,4,5);6*1H4;1H/q2*+1;;;;;;;;;;/p-2. The van der Waals surface area contributed by atoms with Crippen molar-refractivity contribution in [2.45, 2.75) is 112 Å². The zero-order chi connectivity index (χ0) is 28.0. The normalized spacial score (nSPS) is 14.9. The molecule has 2 rings (SSSR count). The van der Waals surface area contributed by atoms with Crippen LogP contribution in [0.1, 0.15) is 112 Å². The molecule has 0 N–H and O–H groups in total. The molecule has 0 unspecified atom stereocenters. The highest BCUT2D eigenvalue weighted by molar-refractivity contribution is 9.09. The topological polar surface area (TPSA) is 119 Å². The fourth-order valence-corrected chi connectivity index (χ4v) is 4.23. The number of hydrogen-bond acceptors (Lipinski definition) is 8. The van der Waals surface area contributed by atoms with Crippen LogP contribution in [0.4, 0.5) is 0 Å². The van der Waals surface area contributed by atoms with Crippen molar-refractivity contribution in [1.29, 1.82) is 0 Å². The van der Waals surface area contributed by atoms with Crippen LogP contribution in [-0.4, -0.2) is 109 Å². The minimum absolute atomic E-state index is 0. The molecule has 2 saturated heterocycles. The van der Waals surface area contributed by atoms with Gasteiger partial charge in [-0.05, 0) is 34.6 Å².